The lowest BCUT2D eigenvalue weighted by molar-refractivity contribution is -0.132. The van der Waals surface area contributed by atoms with Crippen LogP contribution in [0.1, 0.15) is 0 Å². The molecule has 9 heavy (non-hydrogen) atoms. The third-order valence-electron chi connectivity index (χ3n) is 0.620. The van der Waals surface area contributed by atoms with Crippen molar-refractivity contribution in [1.29, 1.82) is 0 Å². The van der Waals surface area contributed by atoms with E-state index < -0.39 is 5.97 Å². The first-order valence-electron chi connectivity index (χ1n) is 1.93. The molecule has 0 aromatic heterocycles. The number of hydrogen-bond donors (Lipinski definition) is 1. The van der Waals surface area contributed by atoms with Crippen LogP contribution in [0.2, 0.25) is 0 Å². The summed E-state index contributed by atoms with van der Waals surface area (Å²) in [4.78, 5) is 10.1. The van der Waals surface area contributed by atoms with Gasteiger partial charge in [0.15, 0.2) is 0 Å². The largest absolute Gasteiger partial charge is 0.478 e. The van der Waals surface area contributed by atoms with Crippen LogP contribution in [0.3, 0.4) is 0 Å². The van der Waals surface area contributed by atoms with Gasteiger partial charge in [-0.05, 0) is 0 Å². The topological polar surface area (TPSA) is 37.3 Å². The number of rotatable bonds is 2. The zero-order valence-corrected chi connectivity index (χ0v) is 6.46. The second-order valence-electron chi connectivity index (χ2n) is 1.18. The van der Waals surface area contributed by atoms with E-state index in [2.05, 4.69) is 0 Å². The fourth-order valence-electron chi connectivity index (χ4n) is 0.188. The Balaban J connectivity index is 4.35. The third-order valence-corrected chi connectivity index (χ3v) is 1.34. The first-order chi connectivity index (χ1) is 4.09. The Morgan fingerprint density at radius 2 is 1.89 bits per heavy atom. The molecular formula is C4H3Cl3O2. The second-order valence-corrected chi connectivity index (χ2v) is 2.39. The van der Waals surface area contributed by atoms with Gasteiger partial charge in [-0.15, -0.1) is 11.6 Å². The summed E-state index contributed by atoms with van der Waals surface area (Å²) >= 11 is 15.4. The lowest BCUT2D eigenvalue weighted by atomic mass is 10.4. The number of alkyl halides is 1. The van der Waals surface area contributed by atoms with Gasteiger partial charge < -0.3 is 5.11 Å². The zero-order chi connectivity index (χ0) is 7.44. The van der Waals surface area contributed by atoms with Crippen LogP contribution < -0.4 is 0 Å². The van der Waals surface area contributed by atoms with Crippen LogP contribution in [0, 0.1) is 0 Å². The Morgan fingerprint density at radius 1 is 1.44 bits per heavy atom. The van der Waals surface area contributed by atoms with Crippen molar-refractivity contribution in [2.75, 3.05) is 5.88 Å². The number of carboxylic acids is 1. The monoisotopic (exact) mass is 188 g/mol. The van der Waals surface area contributed by atoms with Crippen molar-refractivity contribution in [2.45, 2.75) is 0 Å². The second kappa shape index (κ2) is 3.99. The number of carboxylic acid groups (broad SMARTS) is 1. The first kappa shape index (κ1) is 9.08. The van der Waals surface area contributed by atoms with Gasteiger partial charge in [-0.25, -0.2) is 4.79 Å². The summed E-state index contributed by atoms with van der Waals surface area (Å²) in [5, 5.41) is 8.23. The Hall–Kier alpha value is 0.0800. The van der Waals surface area contributed by atoms with Crippen LogP contribution in [0.15, 0.2) is 10.1 Å². The third kappa shape index (κ3) is 2.94. The van der Waals surface area contributed by atoms with Crippen LogP contribution >= 0.6 is 34.8 Å². The van der Waals surface area contributed by atoms with Crippen LogP contribution in [0.25, 0.3) is 0 Å². The Bertz CT molecular complexity index is 148. The maximum Gasteiger partial charge on any atom is 0.335 e. The highest BCUT2D eigenvalue weighted by atomic mass is 35.5. The number of carbonyl (C=O) groups is 1. The van der Waals surface area contributed by atoms with Gasteiger partial charge in [0.2, 0.25) is 0 Å². The summed E-state index contributed by atoms with van der Waals surface area (Å²) in [6.07, 6.45) is 0. The van der Waals surface area contributed by atoms with E-state index in [1.165, 1.54) is 0 Å². The molecule has 0 rings (SSSR count). The molecule has 0 aliphatic heterocycles. The molecule has 0 atom stereocenters. The molecule has 0 aromatic rings. The highest BCUT2D eigenvalue weighted by molar-refractivity contribution is 6.57. The van der Waals surface area contributed by atoms with Crippen LogP contribution in [0.4, 0.5) is 0 Å². The van der Waals surface area contributed by atoms with E-state index in [4.69, 9.17) is 39.9 Å². The molecule has 2 nitrogen and oxygen atoms in total. The molecule has 1 N–H and O–H groups in total. The lowest BCUT2D eigenvalue weighted by Gasteiger charge is -1.92. The van der Waals surface area contributed by atoms with Crippen molar-refractivity contribution in [3.63, 3.8) is 0 Å². The minimum Gasteiger partial charge on any atom is -0.478 e. The average Bonchev–Trinajstić information content (AvgIpc) is 1.64. The number of aliphatic carboxylic acids is 1. The predicted octanol–water partition coefficient (Wildman–Crippen LogP) is 2.00. The summed E-state index contributed by atoms with van der Waals surface area (Å²) in [5.74, 6) is -1.37. The minimum atomic E-state index is -1.19. The molecule has 0 radical (unpaired) electrons. The summed E-state index contributed by atoms with van der Waals surface area (Å²) in [5.41, 5.74) is -0.181. The van der Waals surface area contributed by atoms with E-state index in [0.717, 1.165) is 0 Å². The quantitative estimate of drug-likeness (QED) is 0.533. The standard InChI is InChI=1S/C4H3Cl3O2/c5-1-2(3(6)7)4(8)9/h1H2,(H,8,9). The van der Waals surface area contributed by atoms with Crippen molar-refractivity contribution >= 4 is 40.8 Å². The summed E-state index contributed by atoms with van der Waals surface area (Å²) in [7, 11) is 0. The summed E-state index contributed by atoms with van der Waals surface area (Å²) in [6.45, 7) is 0. The van der Waals surface area contributed by atoms with Crippen molar-refractivity contribution in [3.8, 4) is 0 Å². The molecule has 0 saturated heterocycles. The molecule has 5 heteroatoms. The Kier molecular flexibility index (Phi) is 4.02. The molecule has 0 saturated carbocycles. The van der Waals surface area contributed by atoms with Crippen molar-refractivity contribution in [2.24, 2.45) is 0 Å². The molecule has 0 aliphatic rings. The van der Waals surface area contributed by atoms with Crippen molar-refractivity contribution < 1.29 is 9.90 Å². The fourth-order valence-corrected chi connectivity index (χ4v) is 0.869. The molecule has 0 heterocycles. The van der Waals surface area contributed by atoms with Gasteiger partial charge in [-0.2, -0.15) is 0 Å². The highest BCUT2D eigenvalue weighted by Crippen LogP contribution is 2.15. The maximum atomic E-state index is 10.1. The lowest BCUT2D eigenvalue weighted by Crippen LogP contribution is -2.01. The first-order valence-corrected chi connectivity index (χ1v) is 3.22. The van der Waals surface area contributed by atoms with E-state index in [1.54, 1.807) is 0 Å². The smallest absolute Gasteiger partial charge is 0.335 e. The molecule has 0 unspecified atom stereocenters. The van der Waals surface area contributed by atoms with Crippen molar-refractivity contribution in [3.05, 3.63) is 10.1 Å². The molecular weight excluding hydrogens is 186 g/mol. The fraction of sp³-hybridized carbons (Fsp3) is 0.250. The highest BCUT2D eigenvalue weighted by Gasteiger charge is 2.08. The molecule has 0 aromatic carbocycles. The number of halogens is 3. The van der Waals surface area contributed by atoms with Gasteiger partial charge in [0.25, 0.3) is 0 Å². The molecule has 0 fully saturated rings. The zero-order valence-electron chi connectivity index (χ0n) is 4.20. The Labute approximate surface area is 67.0 Å². The van der Waals surface area contributed by atoms with E-state index in [1.807, 2.05) is 0 Å². The predicted molar refractivity (Wildman–Crippen MR) is 37.1 cm³/mol. The SMILES string of the molecule is O=C(O)C(CCl)=C(Cl)Cl. The maximum absolute atomic E-state index is 10.1. The van der Waals surface area contributed by atoms with Crippen LogP contribution in [-0.2, 0) is 4.79 Å². The van der Waals surface area contributed by atoms with Gasteiger partial charge in [-0.3, -0.25) is 0 Å². The molecule has 0 bridgehead atoms. The summed E-state index contributed by atoms with van der Waals surface area (Å²) < 4.78 is -0.294. The van der Waals surface area contributed by atoms with Gasteiger partial charge in [0.1, 0.15) is 4.49 Å². The van der Waals surface area contributed by atoms with Gasteiger partial charge >= 0.3 is 5.97 Å². The summed E-state index contributed by atoms with van der Waals surface area (Å²) in [6, 6.07) is 0. The minimum absolute atomic E-state index is 0.181. The molecule has 0 amide bonds. The van der Waals surface area contributed by atoms with E-state index >= 15 is 0 Å². The van der Waals surface area contributed by atoms with E-state index in [-0.39, 0.29) is 15.9 Å². The van der Waals surface area contributed by atoms with E-state index in [9.17, 15) is 4.79 Å². The molecule has 0 aliphatic carbocycles. The van der Waals surface area contributed by atoms with E-state index in [0.29, 0.717) is 0 Å². The normalized spacial score (nSPS) is 8.78. The van der Waals surface area contributed by atoms with Crippen LogP contribution in [0.5, 0.6) is 0 Å². The van der Waals surface area contributed by atoms with Gasteiger partial charge in [-0.1, -0.05) is 23.2 Å². The molecule has 52 valence electrons. The average molecular weight is 189 g/mol. The Morgan fingerprint density at radius 3 is 1.89 bits per heavy atom. The number of hydrogen-bond acceptors (Lipinski definition) is 1. The van der Waals surface area contributed by atoms with Crippen molar-refractivity contribution in [1.82, 2.24) is 0 Å². The van der Waals surface area contributed by atoms with Gasteiger partial charge in [0, 0.05) is 0 Å². The van der Waals surface area contributed by atoms with Gasteiger partial charge in [0.05, 0.1) is 11.5 Å². The molecule has 0 spiro atoms. The van der Waals surface area contributed by atoms with Crippen LogP contribution in [-0.4, -0.2) is 17.0 Å².